The quantitative estimate of drug-likeness (QED) is 0.357. The molecule has 0 spiro atoms. The van der Waals surface area contributed by atoms with Gasteiger partial charge in [0.2, 0.25) is 0 Å². The van der Waals surface area contributed by atoms with Gasteiger partial charge in [-0.05, 0) is 59.4 Å². The summed E-state index contributed by atoms with van der Waals surface area (Å²) in [6, 6.07) is 13.8. The molecule has 2 atom stereocenters. The minimum absolute atomic E-state index is 0.0226. The Morgan fingerprint density at radius 2 is 1.84 bits per heavy atom. The number of nitrogens with zero attached hydrogens (tertiary/aromatic N) is 2. The topological polar surface area (TPSA) is 65.5 Å². The summed E-state index contributed by atoms with van der Waals surface area (Å²) >= 11 is 5.98. The van der Waals surface area contributed by atoms with Gasteiger partial charge in [0.25, 0.3) is 5.91 Å². The smallest absolute Gasteiger partial charge is 0.396 e. The lowest BCUT2D eigenvalue weighted by molar-refractivity contribution is -0.137. The Hall–Kier alpha value is -2.94. The lowest BCUT2D eigenvalue weighted by Crippen LogP contribution is -2.29. The van der Waals surface area contributed by atoms with Crippen LogP contribution in [0.3, 0.4) is 0 Å². The first kappa shape index (κ1) is 27.1. The number of pyridine rings is 1. The van der Waals surface area contributed by atoms with Crippen molar-refractivity contribution in [2.24, 2.45) is 5.92 Å². The zero-order chi connectivity index (χ0) is 26.7. The highest BCUT2D eigenvalue weighted by atomic mass is 35.5. The summed E-state index contributed by atoms with van der Waals surface area (Å²) < 4.78 is 38.8. The fourth-order valence-electron chi connectivity index (χ4n) is 4.84. The van der Waals surface area contributed by atoms with E-state index in [1.807, 2.05) is 18.2 Å². The van der Waals surface area contributed by atoms with Crippen molar-refractivity contribution in [3.63, 3.8) is 0 Å². The van der Waals surface area contributed by atoms with E-state index in [0.29, 0.717) is 30.1 Å². The van der Waals surface area contributed by atoms with Gasteiger partial charge in [-0.15, -0.1) is 0 Å². The maximum Gasteiger partial charge on any atom is 0.416 e. The van der Waals surface area contributed by atoms with Crippen molar-refractivity contribution in [1.82, 2.24) is 15.2 Å². The average molecular weight is 532 g/mol. The van der Waals surface area contributed by atoms with Gasteiger partial charge in [0.1, 0.15) is 0 Å². The molecule has 0 saturated heterocycles. The van der Waals surface area contributed by atoms with Crippen LogP contribution in [0.5, 0.6) is 0 Å². The van der Waals surface area contributed by atoms with E-state index in [-0.39, 0.29) is 30.5 Å². The van der Waals surface area contributed by atoms with E-state index in [4.69, 9.17) is 11.6 Å². The van der Waals surface area contributed by atoms with Crippen LogP contribution in [0, 0.1) is 5.92 Å². The summed E-state index contributed by atoms with van der Waals surface area (Å²) in [4.78, 5) is 19.9. The number of aromatic nitrogens is 1. The molecule has 1 amide bonds. The highest BCUT2D eigenvalue weighted by molar-refractivity contribution is 6.30. The van der Waals surface area contributed by atoms with E-state index in [1.54, 1.807) is 18.3 Å². The van der Waals surface area contributed by atoms with Gasteiger partial charge in [-0.1, -0.05) is 49.7 Å². The lowest BCUT2D eigenvalue weighted by atomic mass is 9.99. The first-order chi connectivity index (χ1) is 17.6. The number of amides is 1. The molecular weight excluding hydrogens is 503 g/mol. The number of carbonyl (C=O) groups excluding carboxylic acids is 1. The predicted molar refractivity (Wildman–Crippen MR) is 136 cm³/mol. The van der Waals surface area contributed by atoms with E-state index >= 15 is 0 Å². The molecule has 9 heteroatoms. The molecule has 37 heavy (non-hydrogen) atoms. The van der Waals surface area contributed by atoms with Crippen molar-refractivity contribution in [3.8, 4) is 0 Å². The molecule has 5 nitrogen and oxygen atoms in total. The molecule has 1 aliphatic rings. The number of aliphatic hydroxyl groups excluding tert-OH is 1. The summed E-state index contributed by atoms with van der Waals surface area (Å²) in [6.45, 7) is 5.06. The van der Waals surface area contributed by atoms with Gasteiger partial charge in [0, 0.05) is 30.9 Å². The zero-order valence-corrected chi connectivity index (χ0v) is 21.4. The molecule has 0 saturated carbocycles. The van der Waals surface area contributed by atoms with Gasteiger partial charge in [-0.3, -0.25) is 14.7 Å². The summed E-state index contributed by atoms with van der Waals surface area (Å²) in [6.07, 6.45) is -2.46. The molecule has 2 N–H and O–H groups in total. The fourth-order valence-corrected chi connectivity index (χ4v) is 4.97. The predicted octanol–water partition coefficient (Wildman–Crippen LogP) is 6.32. The minimum Gasteiger partial charge on any atom is -0.396 e. The Labute approximate surface area is 219 Å². The van der Waals surface area contributed by atoms with Crippen LogP contribution in [-0.4, -0.2) is 27.5 Å². The summed E-state index contributed by atoms with van der Waals surface area (Å²) in [5.74, 6) is -0.0901. The number of alkyl halides is 3. The van der Waals surface area contributed by atoms with Crippen LogP contribution in [0.25, 0.3) is 0 Å². The van der Waals surface area contributed by atoms with Crippen LogP contribution < -0.4 is 5.32 Å². The van der Waals surface area contributed by atoms with E-state index in [2.05, 4.69) is 29.0 Å². The van der Waals surface area contributed by atoms with Crippen molar-refractivity contribution in [2.45, 2.75) is 51.6 Å². The first-order valence-electron chi connectivity index (χ1n) is 12.1. The number of hydrogen-bond donors (Lipinski definition) is 2. The van der Waals surface area contributed by atoms with Crippen LogP contribution in [0.4, 0.5) is 13.2 Å². The summed E-state index contributed by atoms with van der Waals surface area (Å²) in [7, 11) is 0. The van der Waals surface area contributed by atoms with E-state index in [1.165, 1.54) is 12.1 Å². The van der Waals surface area contributed by atoms with Gasteiger partial charge in [-0.2, -0.15) is 13.2 Å². The van der Waals surface area contributed by atoms with Crippen molar-refractivity contribution in [3.05, 3.63) is 99.3 Å². The van der Waals surface area contributed by atoms with Crippen LogP contribution in [-0.2, 0) is 19.3 Å². The number of aliphatic hydroxyl groups is 1. The van der Waals surface area contributed by atoms with Gasteiger partial charge < -0.3 is 10.4 Å². The molecule has 0 aliphatic carbocycles. The van der Waals surface area contributed by atoms with Gasteiger partial charge >= 0.3 is 6.18 Å². The normalized spacial score (nSPS) is 16.6. The first-order valence-corrected chi connectivity index (χ1v) is 12.5. The second-order valence-corrected chi connectivity index (χ2v) is 10.1. The monoisotopic (exact) mass is 531 g/mol. The molecule has 0 bridgehead atoms. The molecule has 0 fully saturated rings. The Morgan fingerprint density at radius 1 is 1.16 bits per heavy atom. The maximum absolute atomic E-state index is 13.1. The fraction of sp³-hybridized carbons (Fsp3) is 0.357. The van der Waals surface area contributed by atoms with Crippen molar-refractivity contribution >= 4 is 17.5 Å². The van der Waals surface area contributed by atoms with Gasteiger partial charge in [0.15, 0.2) is 0 Å². The lowest BCUT2D eigenvalue weighted by Gasteiger charge is -2.27. The Morgan fingerprint density at radius 3 is 2.43 bits per heavy atom. The van der Waals surface area contributed by atoms with Crippen LogP contribution in [0.1, 0.15) is 70.7 Å². The van der Waals surface area contributed by atoms with Crippen LogP contribution >= 0.6 is 11.6 Å². The third-order valence-electron chi connectivity index (χ3n) is 6.60. The number of rotatable bonds is 8. The molecular formula is C28H29ClF3N3O2. The molecule has 2 heterocycles. The Kier molecular flexibility index (Phi) is 8.21. The Balaban J connectivity index is 1.51. The largest absolute Gasteiger partial charge is 0.416 e. The second kappa shape index (κ2) is 11.2. The molecule has 1 aromatic heterocycles. The number of fused-ring (bicyclic) bond motifs is 1. The number of benzene rings is 2. The van der Waals surface area contributed by atoms with Gasteiger partial charge in [-0.25, -0.2) is 0 Å². The Bertz CT molecular complexity index is 1230. The van der Waals surface area contributed by atoms with Crippen LogP contribution in [0.2, 0.25) is 5.02 Å². The van der Waals surface area contributed by atoms with E-state index < -0.39 is 11.7 Å². The zero-order valence-electron chi connectivity index (χ0n) is 20.6. The average Bonchev–Trinajstić information content (AvgIpc) is 3.21. The third-order valence-corrected chi connectivity index (χ3v) is 6.86. The number of carbonyl (C=O) groups is 1. The number of nitrogens with one attached hydrogen (secondary N) is 1. The van der Waals surface area contributed by atoms with E-state index in [9.17, 15) is 23.1 Å². The third kappa shape index (κ3) is 6.32. The molecule has 4 rings (SSSR count). The highest BCUT2D eigenvalue weighted by Crippen LogP contribution is 2.39. The molecule has 1 unspecified atom stereocenters. The molecule has 0 radical (unpaired) electrons. The molecule has 3 aromatic rings. The number of halogens is 4. The SMILES string of the molecule is CC(C)C1c2ncc(C(=O)N[C@@H](CCO)c3ccc(Cl)cc3)cc2CN1Cc1ccc(C(F)(F)F)cc1. The van der Waals surface area contributed by atoms with Crippen molar-refractivity contribution in [2.75, 3.05) is 6.61 Å². The van der Waals surface area contributed by atoms with Crippen molar-refractivity contribution in [1.29, 1.82) is 0 Å². The number of hydrogen-bond acceptors (Lipinski definition) is 4. The maximum atomic E-state index is 13.1. The molecule has 2 aromatic carbocycles. The molecule has 196 valence electrons. The van der Waals surface area contributed by atoms with Crippen molar-refractivity contribution < 1.29 is 23.1 Å². The highest BCUT2D eigenvalue weighted by Gasteiger charge is 2.35. The summed E-state index contributed by atoms with van der Waals surface area (Å²) in [5.41, 5.74) is 3.15. The second-order valence-electron chi connectivity index (χ2n) is 9.65. The minimum atomic E-state index is -4.37. The van der Waals surface area contributed by atoms with Crippen LogP contribution in [0.15, 0.2) is 60.8 Å². The summed E-state index contributed by atoms with van der Waals surface area (Å²) in [5, 5.41) is 13.1. The molecule has 1 aliphatic heterocycles. The standard InChI is InChI=1S/C28H29ClF3N3O2/c1-17(2)26-25-21(16-35(26)15-18-3-7-22(8-4-18)28(30,31)32)13-20(14-33-25)27(37)34-24(11-12-36)19-5-9-23(29)10-6-19/h3-10,13-14,17,24,26,36H,11-12,15-16H2,1-2H3,(H,34,37)/t24-,26?/m0/s1. The van der Waals surface area contributed by atoms with Gasteiger partial charge in [0.05, 0.1) is 28.9 Å². The van der Waals surface area contributed by atoms with E-state index in [0.717, 1.165) is 34.5 Å².